The van der Waals surface area contributed by atoms with Crippen molar-refractivity contribution < 1.29 is 18.9 Å². The topological polar surface area (TPSA) is 36.9 Å². The van der Waals surface area contributed by atoms with Crippen LogP contribution in [0.2, 0.25) is 0 Å². The monoisotopic (exact) mass is 262 g/mol. The summed E-state index contributed by atoms with van der Waals surface area (Å²) in [5.41, 5.74) is 1.15. The molecule has 3 rings (SSSR count). The van der Waals surface area contributed by atoms with E-state index < -0.39 is 5.79 Å². The minimum absolute atomic E-state index is 0.120. The first-order valence-electron chi connectivity index (χ1n) is 6.47. The summed E-state index contributed by atoms with van der Waals surface area (Å²) in [4.78, 5) is 0. The molecule has 0 radical (unpaired) electrons. The van der Waals surface area contributed by atoms with Crippen molar-refractivity contribution in [2.75, 3.05) is 6.61 Å². The van der Waals surface area contributed by atoms with Gasteiger partial charge in [0.15, 0.2) is 5.79 Å². The number of hydrogen-bond donors (Lipinski definition) is 0. The summed E-state index contributed by atoms with van der Waals surface area (Å²) in [6.07, 6.45) is 1.49. The SMILES string of the molecule is CC1(C)O[C@@H]2OC(COCc3ccccc3)=C[C@@H]2O1. The van der Waals surface area contributed by atoms with Gasteiger partial charge in [0.05, 0.1) is 6.61 Å². The Morgan fingerprint density at radius 1 is 1.11 bits per heavy atom. The van der Waals surface area contributed by atoms with Crippen LogP contribution in [0.3, 0.4) is 0 Å². The lowest BCUT2D eigenvalue weighted by Crippen LogP contribution is -2.22. The Morgan fingerprint density at radius 2 is 1.89 bits per heavy atom. The van der Waals surface area contributed by atoms with Crippen molar-refractivity contribution in [2.24, 2.45) is 0 Å². The summed E-state index contributed by atoms with van der Waals surface area (Å²) >= 11 is 0. The third-order valence-corrected chi connectivity index (χ3v) is 3.06. The predicted octanol–water partition coefficient (Wildman–Crippen LogP) is 2.59. The molecule has 0 aliphatic carbocycles. The predicted molar refractivity (Wildman–Crippen MR) is 69.1 cm³/mol. The summed E-state index contributed by atoms with van der Waals surface area (Å²) < 4.78 is 22.6. The van der Waals surface area contributed by atoms with E-state index in [9.17, 15) is 0 Å². The highest BCUT2D eigenvalue weighted by molar-refractivity contribution is 5.14. The number of benzene rings is 1. The number of hydrogen-bond acceptors (Lipinski definition) is 4. The van der Waals surface area contributed by atoms with E-state index in [1.54, 1.807) is 0 Å². The molecule has 4 heteroatoms. The van der Waals surface area contributed by atoms with Crippen LogP contribution in [0.5, 0.6) is 0 Å². The first-order chi connectivity index (χ1) is 9.12. The normalized spacial score (nSPS) is 27.8. The molecule has 2 atom stereocenters. The fraction of sp³-hybridized carbons (Fsp3) is 0.467. The molecule has 102 valence electrons. The average Bonchev–Trinajstić information content (AvgIpc) is 2.83. The standard InChI is InChI=1S/C15H18O4/c1-15(2)18-13-8-12(17-14(13)19-15)10-16-9-11-6-4-3-5-7-11/h3-8,13-14H,9-10H2,1-2H3/t13-,14-/m0/s1. The third kappa shape index (κ3) is 2.97. The van der Waals surface area contributed by atoms with Crippen LogP contribution in [-0.4, -0.2) is 24.8 Å². The first-order valence-corrected chi connectivity index (χ1v) is 6.47. The minimum atomic E-state index is -0.567. The zero-order chi connectivity index (χ0) is 13.3. The van der Waals surface area contributed by atoms with Crippen molar-refractivity contribution in [3.05, 3.63) is 47.7 Å². The van der Waals surface area contributed by atoms with Gasteiger partial charge in [-0.3, -0.25) is 0 Å². The second-order valence-corrected chi connectivity index (χ2v) is 5.20. The molecule has 1 fully saturated rings. The van der Waals surface area contributed by atoms with Gasteiger partial charge >= 0.3 is 0 Å². The highest BCUT2D eigenvalue weighted by atomic mass is 16.8. The van der Waals surface area contributed by atoms with Crippen molar-refractivity contribution in [2.45, 2.75) is 38.6 Å². The smallest absolute Gasteiger partial charge is 0.232 e. The van der Waals surface area contributed by atoms with Crippen LogP contribution in [0.15, 0.2) is 42.2 Å². The molecule has 19 heavy (non-hydrogen) atoms. The van der Waals surface area contributed by atoms with E-state index in [1.807, 2.05) is 50.3 Å². The number of rotatable bonds is 4. The van der Waals surface area contributed by atoms with E-state index >= 15 is 0 Å². The molecule has 1 aromatic carbocycles. The summed E-state index contributed by atoms with van der Waals surface area (Å²) in [5, 5.41) is 0. The van der Waals surface area contributed by atoms with Gasteiger partial charge in [-0.05, 0) is 25.5 Å². The van der Waals surface area contributed by atoms with Crippen molar-refractivity contribution in [3.63, 3.8) is 0 Å². The molecule has 0 bridgehead atoms. The molecule has 0 unspecified atom stereocenters. The van der Waals surface area contributed by atoms with Gasteiger partial charge in [0.25, 0.3) is 0 Å². The molecule has 0 aromatic heterocycles. The van der Waals surface area contributed by atoms with E-state index in [4.69, 9.17) is 18.9 Å². The first kappa shape index (κ1) is 12.7. The number of fused-ring (bicyclic) bond motifs is 1. The second kappa shape index (κ2) is 4.96. The zero-order valence-corrected chi connectivity index (χ0v) is 11.2. The molecule has 2 aliphatic rings. The van der Waals surface area contributed by atoms with Gasteiger partial charge in [0.1, 0.15) is 18.5 Å². The molecule has 2 heterocycles. The van der Waals surface area contributed by atoms with Crippen molar-refractivity contribution >= 4 is 0 Å². The van der Waals surface area contributed by atoms with Gasteiger partial charge < -0.3 is 18.9 Å². The van der Waals surface area contributed by atoms with Crippen molar-refractivity contribution in [3.8, 4) is 0 Å². The minimum Gasteiger partial charge on any atom is -0.464 e. The average molecular weight is 262 g/mol. The molecule has 2 aliphatic heterocycles. The van der Waals surface area contributed by atoms with Crippen LogP contribution in [0, 0.1) is 0 Å². The fourth-order valence-electron chi connectivity index (χ4n) is 2.26. The largest absolute Gasteiger partial charge is 0.464 e. The molecule has 0 amide bonds. The molecule has 0 spiro atoms. The maximum atomic E-state index is 5.69. The molecular weight excluding hydrogens is 244 g/mol. The Kier molecular flexibility index (Phi) is 3.31. The van der Waals surface area contributed by atoms with Gasteiger partial charge in [-0.2, -0.15) is 0 Å². The van der Waals surface area contributed by atoms with Crippen LogP contribution in [0.4, 0.5) is 0 Å². The maximum Gasteiger partial charge on any atom is 0.232 e. The molecule has 4 nitrogen and oxygen atoms in total. The van der Waals surface area contributed by atoms with Gasteiger partial charge in [0.2, 0.25) is 6.29 Å². The summed E-state index contributed by atoms with van der Waals surface area (Å²) in [6, 6.07) is 10.1. The van der Waals surface area contributed by atoms with E-state index in [0.29, 0.717) is 13.2 Å². The van der Waals surface area contributed by atoms with Crippen molar-refractivity contribution in [1.82, 2.24) is 0 Å². The quantitative estimate of drug-likeness (QED) is 0.835. The van der Waals surface area contributed by atoms with E-state index in [-0.39, 0.29) is 12.4 Å². The Morgan fingerprint density at radius 3 is 2.63 bits per heavy atom. The van der Waals surface area contributed by atoms with Crippen LogP contribution in [0.25, 0.3) is 0 Å². The van der Waals surface area contributed by atoms with Crippen LogP contribution < -0.4 is 0 Å². The van der Waals surface area contributed by atoms with E-state index in [0.717, 1.165) is 11.3 Å². The van der Waals surface area contributed by atoms with Gasteiger partial charge in [-0.1, -0.05) is 30.3 Å². The number of ether oxygens (including phenoxy) is 4. The van der Waals surface area contributed by atoms with Gasteiger partial charge in [-0.25, -0.2) is 0 Å². The zero-order valence-electron chi connectivity index (χ0n) is 11.2. The summed E-state index contributed by atoms with van der Waals surface area (Å²) in [5.74, 6) is 0.212. The maximum absolute atomic E-state index is 5.69. The van der Waals surface area contributed by atoms with Gasteiger partial charge in [-0.15, -0.1) is 0 Å². The van der Waals surface area contributed by atoms with E-state index in [1.165, 1.54) is 0 Å². The molecular formula is C15H18O4. The third-order valence-electron chi connectivity index (χ3n) is 3.06. The van der Waals surface area contributed by atoms with Crippen molar-refractivity contribution in [1.29, 1.82) is 0 Å². The summed E-state index contributed by atoms with van der Waals surface area (Å²) in [6.45, 7) is 4.78. The lowest BCUT2D eigenvalue weighted by atomic mass is 10.2. The Hall–Kier alpha value is -1.36. The fourth-order valence-corrected chi connectivity index (χ4v) is 2.26. The lowest BCUT2D eigenvalue weighted by Gasteiger charge is -2.18. The van der Waals surface area contributed by atoms with E-state index in [2.05, 4.69) is 0 Å². The molecule has 1 aromatic rings. The Balaban J connectivity index is 1.48. The highest BCUT2D eigenvalue weighted by Gasteiger charge is 2.45. The Labute approximate surface area is 112 Å². The summed E-state index contributed by atoms with van der Waals surface area (Å²) in [7, 11) is 0. The van der Waals surface area contributed by atoms with Crippen LogP contribution in [0.1, 0.15) is 19.4 Å². The van der Waals surface area contributed by atoms with Crippen LogP contribution in [-0.2, 0) is 25.6 Å². The molecule has 1 saturated heterocycles. The molecule has 0 N–H and O–H groups in total. The van der Waals surface area contributed by atoms with Crippen LogP contribution >= 0.6 is 0 Å². The Bertz CT molecular complexity index is 466. The molecule has 0 saturated carbocycles. The second-order valence-electron chi connectivity index (χ2n) is 5.20. The highest BCUT2D eigenvalue weighted by Crippen LogP contribution is 2.35. The van der Waals surface area contributed by atoms with Gasteiger partial charge in [0, 0.05) is 0 Å². The lowest BCUT2D eigenvalue weighted by molar-refractivity contribution is -0.183.